The highest BCUT2D eigenvalue weighted by atomic mass is 19.4. The van der Waals surface area contributed by atoms with Crippen LogP contribution in [0.5, 0.6) is 0 Å². The minimum Gasteiger partial charge on any atom is -0.398 e. The van der Waals surface area contributed by atoms with Gasteiger partial charge in [0.2, 0.25) is 5.91 Å². The van der Waals surface area contributed by atoms with E-state index >= 15 is 0 Å². The molecule has 0 saturated carbocycles. The number of carbonyl (C=O) groups is 1. The number of amides is 1. The van der Waals surface area contributed by atoms with Crippen LogP contribution in [0.2, 0.25) is 0 Å². The molecular formula is C27H18F12N2O3. The van der Waals surface area contributed by atoms with Crippen molar-refractivity contribution in [2.75, 3.05) is 5.73 Å². The topological polar surface area (TPSA) is 110 Å². The van der Waals surface area contributed by atoms with E-state index < -0.39 is 64.2 Å². The van der Waals surface area contributed by atoms with Crippen LogP contribution in [-0.2, 0) is 11.2 Å². The maximum Gasteiger partial charge on any atom is 0.430 e. The van der Waals surface area contributed by atoms with Gasteiger partial charge in [0.1, 0.15) is 0 Å². The molecule has 0 heterocycles. The molecule has 0 aliphatic heterocycles. The summed E-state index contributed by atoms with van der Waals surface area (Å²) in [6, 6.07) is 14.0. The van der Waals surface area contributed by atoms with Gasteiger partial charge in [0.05, 0.1) is 5.56 Å². The molecule has 4 aromatic carbocycles. The van der Waals surface area contributed by atoms with Crippen molar-refractivity contribution in [2.45, 2.75) is 35.9 Å². The third kappa shape index (κ3) is 5.56. The molecule has 0 unspecified atom stereocenters. The molecule has 1 amide bonds. The molecule has 17 heteroatoms. The zero-order valence-corrected chi connectivity index (χ0v) is 21.4. The lowest BCUT2D eigenvalue weighted by atomic mass is 9.85. The Kier molecular flexibility index (Phi) is 8.59. The number of anilines is 1. The van der Waals surface area contributed by atoms with Gasteiger partial charge in [-0.15, -0.1) is 0 Å². The fourth-order valence-corrected chi connectivity index (χ4v) is 4.38. The van der Waals surface area contributed by atoms with Crippen molar-refractivity contribution in [3.05, 3.63) is 89.5 Å². The van der Waals surface area contributed by atoms with E-state index in [2.05, 4.69) is 0 Å². The lowest BCUT2D eigenvalue weighted by Gasteiger charge is -2.34. The lowest BCUT2D eigenvalue weighted by Crippen LogP contribution is -2.54. The summed E-state index contributed by atoms with van der Waals surface area (Å²) >= 11 is 0. The lowest BCUT2D eigenvalue weighted by molar-refractivity contribution is -0.376. The average molecular weight is 646 g/mol. The maximum absolute atomic E-state index is 13.0. The van der Waals surface area contributed by atoms with Gasteiger partial charge in [-0.25, -0.2) is 0 Å². The van der Waals surface area contributed by atoms with Gasteiger partial charge in [0.25, 0.3) is 11.2 Å². The van der Waals surface area contributed by atoms with Gasteiger partial charge in [-0.05, 0) is 16.2 Å². The standard InChI is InChI=1S/C14H9F6NO2.C13H9F6NO/c15-13(16,17)12(23,14(18,19)20)9-6-5-7-3-1-2-4-8(7)10(9)11(21)22;14-12(15,16)11(21,13(17,18)19)9-6-5-7-3-1-2-4-8(7)10(9)20/h1-6,23H,(H2,21,22);1-6,21H,20H2. The Morgan fingerprint density at radius 2 is 0.864 bits per heavy atom. The average Bonchev–Trinajstić information content (AvgIpc) is 2.89. The van der Waals surface area contributed by atoms with Gasteiger partial charge in [0.15, 0.2) is 0 Å². The largest absolute Gasteiger partial charge is 0.430 e. The highest BCUT2D eigenvalue weighted by molar-refractivity contribution is 6.08. The molecule has 0 aliphatic rings. The molecule has 0 radical (unpaired) electrons. The van der Waals surface area contributed by atoms with Crippen LogP contribution >= 0.6 is 0 Å². The van der Waals surface area contributed by atoms with Crippen LogP contribution in [0.15, 0.2) is 72.8 Å². The zero-order chi connectivity index (χ0) is 33.7. The maximum atomic E-state index is 13.0. The Hall–Kier alpha value is -4.25. The number of halogens is 12. The van der Waals surface area contributed by atoms with E-state index in [-0.39, 0.29) is 16.2 Å². The molecule has 0 atom stereocenters. The van der Waals surface area contributed by atoms with Crippen LogP contribution in [0.1, 0.15) is 21.5 Å². The zero-order valence-electron chi connectivity index (χ0n) is 21.4. The van der Waals surface area contributed by atoms with Crippen LogP contribution in [0.25, 0.3) is 21.5 Å². The first-order chi connectivity index (χ1) is 19.9. The van der Waals surface area contributed by atoms with E-state index in [0.29, 0.717) is 17.5 Å². The highest BCUT2D eigenvalue weighted by Crippen LogP contribution is 2.53. The number of primary amides is 1. The molecule has 6 N–H and O–H groups in total. The van der Waals surface area contributed by atoms with Crippen LogP contribution < -0.4 is 11.5 Å². The minimum atomic E-state index is -6.10. The van der Waals surface area contributed by atoms with Gasteiger partial charge in [0, 0.05) is 22.2 Å². The number of aliphatic hydroxyl groups is 2. The number of nitrogen functional groups attached to an aromatic ring is 1. The fourth-order valence-electron chi connectivity index (χ4n) is 4.38. The quantitative estimate of drug-likeness (QED) is 0.142. The summed E-state index contributed by atoms with van der Waals surface area (Å²) in [5, 5.41) is 19.2. The second kappa shape index (κ2) is 11.0. The van der Waals surface area contributed by atoms with Crippen molar-refractivity contribution in [1.29, 1.82) is 0 Å². The molecule has 4 aromatic rings. The second-order valence-electron chi connectivity index (χ2n) is 9.23. The van der Waals surface area contributed by atoms with Gasteiger partial charge in [-0.2, -0.15) is 52.7 Å². The van der Waals surface area contributed by atoms with Crippen molar-refractivity contribution in [2.24, 2.45) is 5.73 Å². The number of benzene rings is 4. The van der Waals surface area contributed by atoms with Crippen LogP contribution in [0, 0.1) is 0 Å². The van der Waals surface area contributed by atoms with E-state index in [1.807, 2.05) is 0 Å². The normalized spacial score (nSPS) is 13.5. The van der Waals surface area contributed by atoms with E-state index in [1.165, 1.54) is 36.4 Å². The summed E-state index contributed by atoms with van der Waals surface area (Å²) in [5.74, 6) is -1.51. The van der Waals surface area contributed by atoms with E-state index in [9.17, 15) is 67.7 Å². The van der Waals surface area contributed by atoms with Crippen molar-refractivity contribution in [3.8, 4) is 0 Å². The molecule has 0 spiro atoms. The van der Waals surface area contributed by atoms with Crippen molar-refractivity contribution >= 4 is 33.1 Å². The van der Waals surface area contributed by atoms with Crippen molar-refractivity contribution in [3.63, 3.8) is 0 Å². The Bertz CT molecular complexity index is 1660. The molecule has 0 bridgehead atoms. The molecule has 4 rings (SSSR count). The highest BCUT2D eigenvalue weighted by Gasteiger charge is 2.73. The van der Waals surface area contributed by atoms with Gasteiger partial charge in [-0.1, -0.05) is 72.8 Å². The first-order valence-electron chi connectivity index (χ1n) is 11.7. The van der Waals surface area contributed by atoms with Crippen LogP contribution in [0.4, 0.5) is 58.4 Å². The third-order valence-corrected chi connectivity index (χ3v) is 6.57. The van der Waals surface area contributed by atoms with Crippen LogP contribution in [0.3, 0.4) is 0 Å². The summed E-state index contributed by atoms with van der Waals surface area (Å²) in [5.41, 5.74) is -4.68. The monoisotopic (exact) mass is 646 g/mol. The molecule has 0 aromatic heterocycles. The van der Waals surface area contributed by atoms with Crippen molar-refractivity contribution < 1.29 is 67.7 Å². The fraction of sp³-hybridized carbons (Fsp3) is 0.222. The van der Waals surface area contributed by atoms with Gasteiger partial charge < -0.3 is 21.7 Å². The summed E-state index contributed by atoms with van der Waals surface area (Å²) in [6.07, 6.45) is -24.1. The number of carbonyl (C=O) groups excluding carboxylic acids is 1. The Labute approximate surface area is 238 Å². The molecule has 0 saturated heterocycles. The van der Waals surface area contributed by atoms with E-state index in [1.54, 1.807) is 6.07 Å². The molecular weight excluding hydrogens is 628 g/mol. The second-order valence-corrected chi connectivity index (χ2v) is 9.23. The van der Waals surface area contributed by atoms with E-state index in [4.69, 9.17) is 11.5 Å². The molecule has 0 aliphatic carbocycles. The number of fused-ring (bicyclic) bond motifs is 2. The molecule has 0 fully saturated rings. The van der Waals surface area contributed by atoms with Gasteiger partial charge >= 0.3 is 24.7 Å². The molecule has 5 nitrogen and oxygen atoms in total. The number of rotatable bonds is 3. The summed E-state index contributed by atoms with van der Waals surface area (Å²) < 4.78 is 155. The first kappa shape index (κ1) is 34.2. The first-order valence-corrected chi connectivity index (χ1v) is 11.7. The Balaban J connectivity index is 0.000000241. The van der Waals surface area contributed by atoms with Gasteiger partial charge in [-0.3, -0.25) is 4.79 Å². The number of hydrogen-bond acceptors (Lipinski definition) is 4. The predicted octanol–water partition coefficient (Wildman–Crippen LogP) is 6.99. The minimum absolute atomic E-state index is 0.00178. The SMILES string of the molecule is NC(=O)c1c(C(O)(C(F)(F)F)C(F)(F)F)ccc2ccccc12.Nc1c(C(O)(C(F)(F)F)C(F)(F)F)ccc2ccccc12. The Morgan fingerprint density at radius 1 is 0.523 bits per heavy atom. The summed E-state index contributed by atoms with van der Waals surface area (Å²) in [4.78, 5) is 11.5. The summed E-state index contributed by atoms with van der Waals surface area (Å²) in [7, 11) is 0. The Morgan fingerprint density at radius 3 is 1.27 bits per heavy atom. The molecule has 238 valence electrons. The van der Waals surface area contributed by atoms with E-state index in [0.717, 1.165) is 18.2 Å². The van der Waals surface area contributed by atoms with Crippen LogP contribution in [-0.4, -0.2) is 40.8 Å². The molecule has 44 heavy (non-hydrogen) atoms. The number of alkyl halides is 12. The van der Waals surface area contributed by atoms with Crippen molar-refractivity contribution in [1.82, 2.24) is 0 Å². The third-order valence-electron chi connectivity index (χ3n) is 6.57. The number of hydrogen-bond donors (Lipinski definition) is 4. The predicted molar refractivity (Wildman–Crippen MR) is 133 cm³/mol. The smallest absolute Gasteiger partial charge is 0.398 e. The number of nitrogens with two attached hydrogens (primary N) is 2. The summed E-state index contributed by atoms with van der Waals surface area (Å²) in [6.45, 7) is 0.